The number of imidazole rings is 1. The van der Waals surface area contributed by atoms with Gasteiger partial charge in [0.15, 0.2) is 6.54 Å². The van der Waals surface area contributed by atoms with Crippen LogP contribution in [0.2, 0.25) is 0 Å². The molecule has 2 aromatic rings. The van der Waals surface area contributed by atoms with Gasteiger partial charge in [-0.15, -0.1) is 0 Å². The first-order valence-corrected chi connectivity index (χ1v) is 5.57. The highest BCUT2D eigenvalue weighted by molar-refractivity contribution is 5.95. The Morgan fingerprint density at radius 1 is 1.53 bits per heavy atom. The van der Waals surface area contributed by atoms with Crippen LogP contribution in [0.4, 0.5) is 5.69 Å². The van der Waals surface area contributed by atoms with E-state index in [2.05, 4.69) is 6.58 Å². The largest absolute Gasteiger partial charge is 0.290 e. The van der Waals surface area contributed by atoms with Crippen molar-refractivity contribution >= 4 is 17.7 Å². The lowest BCUT2D eigenvalue weighted by Crippen LogP contribution is -2.35. The van der Waals surface area contributed by atoms with Crippen molar-refractivity contribution < 1.29 is 14.3 Å². The molecule has 0 unspecified atom stereocenters. The third-order valence-corrected chi connectivity index (χ3v) is 2.63. The molecule has 6 heteroatoms. The van der Waals surface area contributed by atoms with Gasteiger partial charge in [-0.3, -0.25) is 14.9 Å². The lowest BCUT2D eigenvalue weighted by molar-refractivity contribution is -0.682. The molecule has 0 radical (unpaired) electrons. The number of hydrogen-bond donors (Lipinski definition) is 0. The number of hydrogen-bond acceptors (Lipinski definition) is 3. The van der Waals surface area contributed by atoms with Crippen LogP contribution in [-0.4, -0.2) is 15.3 Å². The summed E-state index contributed by atoms with van der Waals surface area (Å²) in [5.74, 6) is -0.185. The highest BCUT2D eigenvalue weighted by Gasteiger charge is 2.14. The van der Waals surface area contributed by atoms with E-state index in [-0.39, 0.29) is 18.0 Å². The zero-order valence-electron chi connectivity index (χ0n) is 10.1. The summed E-state index contributed by atoms with van der Waals surface area (Å²) < 4.78 is 3.39. The van der Waals surface area contributed by atoms with Crippen LogP contribution in [0.3, 0.4) is 0 Å². The zero-order chi connectivity index (χ0) is 13.8. The number of benzene rings is 1. The number of nitrogens with zero attached hydrogens (tertiary/aromatic N) is 3. The van der Waals surface area contributed by atoms with Crippen LogP contribution in [0.1, 0.15) is 10.4 Å². The van der Waals surface area contributed by atoms with Crippen LogP contribution >= 0.6 is 0 Å². The van der Waals surface area contributed by atoms with E-state index in [4.69, 9.17) is 0 Å². The van der Waals surface area contributed by atoms with Crippen LogP contribution in [0.25, 0.3) is 6.20 Å². The van der Waals surface area contributed by atoms with Crippen molar-refractivity contribution in [3.05, 3.63) is 65.2 Å². The quantitative estimate of drug-likeness (QED) is 0.354. The highest BCUT2D eigenvalue weighted by atomic mass is 16.6. The minimum absolute atomic E-state index is 0.0838. The molecule has 19 heavy (non-hydrogen) atoms. The molecule has 0 saturated carbocycles. The molecule has 0 aliphatic carbocycles. The van der Waals surface area contributed by atoms with Crippen molar-refractivity contribution in [1.29, 1.82) is 0 Å². The molecule has 0 fully saturated rings. The van der Waals surface area contributed by atoms with E-state index in [0.29, 0.717) is 5.56 Å². The van der Waals surface area contributed by atoms with Crippen LogP contribution < -0.4 is 4.57 Å². The van der Waals surface area contributed by atoms with Gasteiger partial charge in [0.2, 0.25) is 12.1 Å². The molecule has 0 bridgehead atoms. The van der Waals surface area contributed by atoms with Gasteiger partial charge in [-0.1, -0.05) is 18.7 Å². The Kier molecular flexibility index (Phi) is 3.51. The number of ketones is 1. The number of carbonyl (C=O) groups excluding carboxylic acids is 1. The van der Waals surface area contributed by atoms with E-state index < -0.39 is 4.92 Å². The molecule has 0 spiro atoms. The summed E-state index contributed by atoms with van der Waals surface area (Å²) in [5, 5.41) is 10.7. The molecule has 96 valence electrons. The predicted octanol–water partition coefficient (Wildman–Crippen LogP) is 1.67. The van der Waals surface area contributed by atoms with Gasteiger partial charge >= 0.3 is 0 Å². The zero-order valence-corrected chi connectivity index (χ0v) is 10.1. The van der Waals surface area contributed by atoms with Gasteiger partial charge in [0.25, 0.3) is 5.69 Å². The third kappa shape index (κ3) is 2.92. The summed E-state index contributed by atoms with van der Waals surface area (Å²) in [7, 11) is 0. The highest BCUT2D eigenvalue weighted by Crippen LogP contribution is 2.13. The first-order chi connectivity index (χ1) is 9.10. The van der Waals surface area contributed by atoms with E-state index in [9.17, 15) is 14.9 Å². The van der Waals surface area contributed by atoms with Crippen LogP contribution in [-0.2, 0) is 6.54 Å². The molecule has 1 aromatic heterocycles. The van der Waals surface area contributed by atoms with Crippen molar-refractivity contribution in [1.82, 2.24) is 4.57 Å². The Morgan fingerprint density at radius 2 is 2.32 bits per heavy atom. The van der Waals surface area contributed by atoms with Crippen LogP contribution in [0.5, 0.6) is 0 Å². The van der Waals surface area contributed by atoms with Crippen molar-refractivity contribution in [2.45, 2.75) is 6.54 Å². The Morgan fingerprint density at radius 3 is 2.95 bits per heavy atom. The van der Waals surface area contributed by atoms with E-state index in [1.54, 1.807) is 40.1 Å². The molecular weight excluding hydrogens is 246 g/mol. The van der Waals surface area contributed by atoms with Crippen molar-refractivity contribution in [3.8, 4) is 0 Å². The standard InChI is InChI=1S/C13H12N3O3/c1-2-14-6-7-15(10-14)9-13(17)11-4-3-5-12(8-11)16(18)19/h2-8,10H,1,9H2/q+1. The normalized spacial score (nSPS) is 10.1. The number of nitro benzene ring substituents is 1. The second-order valence-corrected chi connectivity index (χ2v) is 3.95. The molecule has 0 aliphatic rings. The van der Waals surface area contributed by atoms with E-state index >= 15 is 0 Å². The molecule has 6 nitrogen and oxygen atoms in total. The summed E-state index contributed by atoms with van der Waals surface area (Å²) in [5.41, 5.74) is 0.243. The van der Waals surface area contributed by atoms with Gasteiger partial charge in [-0.25, -0.2) is 9.13 Å². The third-order valence-electron chi connectivity index (χ3n) is 2.63. The average molecular weight is 258 g/mol. The lowest BCUT2D eigenvalue weighted by Gasteiger charge is -1.98. The molecule has 0 aliphatic heterocycles. The van der Waals surface area contributed by atoms with Crippen molar-refractivity contribution in [2.24, 2.45) is 0 Å². The predicted molar refractivity (Wildman–Crippen MR) is 68.4 cm³/mol. The maximum absolute atomic E-state index is 12.0. The van der Waals surface area contributed by atoms with Crippen LogP contribution in [0.15, 0.2) is 49.6 Å². The lowest BCUT2D eigenvalue weighted by atomic mass is 10.1. The molecular formula is C13H12N3O3+. The maximum Gasteiger partial charge on any atom is 0.270 e. The van der Waals surface area contributed by atoms with E-state index in [1.807, 2.05) is 0 Å². The molecule has 1 heterocycles. The summed E-state index contributed by atoms with van der Waals surface area (Å²) >= 11 is 0. The van der Waals surface area contributed by atoms with Gasteiger partial charge in [-0.2, -0.15) is 0 Å². The number of nitro groups is 1. The first kappa shape index (κ1) is 12.7. The van der Waals surface area contributed by atoms with Crippen molar-refractivity contribution in [3.63, 3.8) is 0 Å². The fraction of sp³-hybridized carbons (Fsp3) is 0.0769. The van der Waals surface area contributed by atoms with Gasteiger partial charge in [-0.05, 0) is 0 Å². The molecule has 0 N–H and O–H groups in total. The molecule has 2 rings (SSSR count). The topological polar surface area (TPSA) is 69.0 Å². The monoisotopic (exact) mass is 258 g/mol. The Hall–Kier alpha value is -2.76. The minimum atomic E-state index is -0.516. The Balaban J connectivity index is 2.17. The van der Waals surface area contributed by atoms with Gasteiger partial charge in [0, 0.05) is 17.7 Å². The Bertz CT molecular complexity index is 646. The molecule has 0 atom stereocenters. The number of non-ortho nitro benzene ring substituents is 1. The number of Topliss-reactive ketones (excluding diaryl/α,β-unsaturated/α-hetero) is 1. The minimum Gasteiger partial charge on any atom is -0.290 e. The second kappa shape index (κ2) is 5.26. The number of aromatic nitrogens is 2. The number of rotatable bonds is 5. The smallest absolute Gasteiger partial charge is 0.270 e. The summed E-state index contributed by atoms with van der Waals surface area (Å²) in [6, 6.07) is 5.72. The summed E-state index contributed by atoms with van der Waals surface area (Å²) in [6.45, 7) is 3.73. The Labute approximate surface area is 109 Å². The summed E-state index contributed by atoms with van der Waals surface area (Å²) in [4.78, 5) is 22.1. The fourth-order valence-electron chi connectivity index (χ4n) is 1.66. The molecule has 0 saturated heterocycles. The number of carbonyl (C=O) groups is 1. The summed E-state index contributed by atoms with van der Waals surface area (Å²) in [6.07, 6.45) is 6.81. The van der Waals surface area contributed by atoms with Gasteiger partial charge in [0.05, 0.1) is 11.1 Å². The maximum atomic E-state index is 12.0. The fourth-order valence-corrected chi connectivity index (χ4v) is 1.66. The second-order valence-electron chi connectivity index (χ2n) is 3.95. The van der Waals surface area contributed by atoms with Crippen LogP contribution in [0, 0.1) is 10.1 Å². The van der Waals surface area contributed by atoms with Gasteiger partial charge in [0.1, 0.15) is 12.4 Å². The van der Waals surface area contributed by atoms with E-state index in [0.717, 1.165) is 0 Å². The average Bonchev–Trinajstić information content (AvgIpc) is 2.86. The molecule has 0 amide bonds. The SMILES string of the molecule is C=Cn1cc[n+](CC(=O)c2cccc([N+](=O)[O-])c2)c1. The van der Waals surface area contributed by atoms with E-state index in [1.165, 1.54) is 18.2 Å². The molecule has 1 aromatic carbocycles. The van der Waals surface area contributed by atoms with Gasteiger partial charge < -0.3 is 0 Å². The van der Waals surface area contributed by atoms with Crippen molar-refractivity contribution in [2.75, 3.05) is 0 Å². The first-order valence-electron chi connectivity index (χ1n) is 5.57.